The van der Waals surface area contributed by atoms with Crippen LogP contribution in [0.1, 0.15) is 22.6 Å². The van der Waals surface area contributed by atoms with E-state index in [4.69, 9.17) is 0 Å². The van der Waals surface area contributed by atoms with E-state index in [0.717, 1.165) is 38.2 Å². The highest BCUT2D eigenvalue weighted by atomic mass is 16.1. The maximum absolute atomic E-state index is 11.6. The number of nitrogens with one attached hydrogen (secondary N) is 2. The van der Waals surface area contributed by atoms with Crippen LogP contribution in [0.2, 0.25) is 0 Å². The average molecular weight is 246 g/mol. The molecule has 0 spiro atoms. The molecule has 3 rings (SSSR count). The van der Waals surface area contributed by atoms with Crippen molar-refractivity contribution in [2.45, 2.75) is 18.9 Å². The van der Waals surface area contributed by atoms with Gasteiger partial charge in [-0.05, 0) is 25.0 Å². The molecule has 2 aliphatic heterocycles. The Hall–Kier alpha value is -1.62. The monoisotopic (exact) mass is 246 g/mol. The van der Waals surface area contributed by atoms with Crippen LogP contribution in [0.4, 0.5) is 5.69 Å². The molecule has 1 aromatic rings. The molecule has 96 valence electrons. The maximum atomic E-state index is 11.6. The summed E-state index contributed by atoms with van der Waals surface area (Å²) >= 11 is 0. The average Bonchev–Trinajstić information content (AvgIpc) is 2.45. The topological polar surface area (TPSA) is 57.3 Å². The summed E-state index contributed by atoms with van der Waals surface area (Å²) in [6.45, 7) is 3.10. The van der Waals surface area contributed by atoms with Gasteiger partial charge in [-0.15, -0.1) is 0 Å². The first-order valence-electron chi connectivity index (χ1n) is 6.49. The zero-order valence-electron chi connectivity index (χ0n) is 10.6. The standard InChI is InChI=1S/C13H18N4O/c1-14-13(18)11-4-5-12-10(16-11)3-2-9-8-15-6-7-17(9)12/h4-5,9,15H,2-3,6-8H2,1H3,(H,14,18)/t9-/m1/s1. The molecule has 1 atom stereocenters. The Balaban J connectivity index is 1.93. The number of aryl methyl sites for hydroxylation is 1. The molecule has 5 heteroatoms. The van der Waals surface area contributed by atoms with Crippen LogP contribution < -0.4 is 15.5 Å². The van der Waals surface area contributed by atoms with Crippen LogP contribution in [0.3, 0.4) is 0 Å². The highest BCUT2D eigenvalue weighted by Crippen LogP contribution is 2.30. The van der Waals surface area contributed by atoms with Gasteiger partial charge in [0.05, 0.1) is 11.4 Å². The lowest BCUT2D eigenvalue weighted by Gasteiger charge is -2.42. The van der Waals surface area contributed by atoms with E-state index in [0.29, 0.717) is 11.7 Å². The second-order valence-electron chi connectivity index (χ2n) is 4.83. The van der Waals surface area contributed by atoms with Crippen molar-refractivity contribution in [3.05, 3.63) is 23.5 Å². The second kappa shape index (κ2) is 4.57. The van der Waals surface area contributed by atoms with Gasteiger partial charge in [-0.3, -0.25) is 4.79 Å². The number of pyridine rings is 1. The van der Waals surface area contributed by atoms with Crippen molar-refractivity contribution in [1.29, 1.82) is 0 Å². The fraction of sp³-hybridized carbons (Fsp3) is 0.538. The number of carbonyl (C=O) groups excluding carboxylic acids is 1. The molecular formula is C13H18N4O. The summed E-state index contributed by atoms with van der Waals surface area (Å²) in [7, 11) is 1.63. The summed E-state index contributed by atoms with van der Waals surface area (Å²) in [5.41, 5.74) is 2.79. The minimum atomic E-state index is -0.111. The predicted octanol–water partition coefficient (Wildman–Crippen LogP) is 0.166. The van der Waals surface area contributed by atoms with Gasteiger partial charge in [-0.25, -0.2) is 4.98 Å². The number of anilines is 1. The Kier molecular flexibility index (Phi) is 2.91. The zero-order valence-corrected chi connectivity index (χ0v) is 10.6. The summed E-state index contributed by atoms with van der Waals surface area (Å²) < 4.78 is 0. The third-order valence-corrected chi connectivity index (χ3v) is 3.78. The summed E-state index contributed by atoms with van der Waals surface area (Å²) in [5.74, 6) is -0.111. The van der Waals surface area contributed by atoms with Crippen LogP contribution in [0.25, 0.3) is 0 Å². The number of carbonyl (C=O) groups is 1. The Morgan fingerprint density at radius 2 is 2.44 bits per heavy atom. The molecule has 0 aromatic carbocycles. The van der Waals surface area contributed by atoms with E-state index in [-0.39, 0.29) is 5.91 Å². The normalized spacial score (nSPS) is 22.1. The third kappa shape index (κ3) is 1.84. The molecule has 1 aromatic heterocycles. The van der Waals surface area contributed by atoms with E-state index < -0.39 is 0 Å². The van der Waals surface area contributed by atoms with Gasteiger partial charge in [0.2, 0.25) is 0 Å². The largest absolute Gasteiger partial charge is 0.365 e. The van der Waals surface area contributed by atoms with Crippen LogP contribution >= 0.6 is 0 Å². The Morgan fingerprint density at radius 3 is 3.28 bits per heavy atom. The zero-order chi connectivity index (χ0) is 12.5. The number of amides is 1. The van der Waals surface area contributed by atoms with Gasteiger partial charge in [-0.2, -0.15) is 0 Å². The minimum absolute atomic E-state index is 0.111. The van der Waals surface area contributed by atoms with Gasteiger partial charge in [0, 0.05) is 32.7 Å². The number of piperazine rings is 1. The molecule has 0 bridgehead atoms. The molecule has 2 N–H and O–H groups in total. The number of aromatic nitrogens is 1. The molecular weight excluding hydrogens is 228 g/mol. The van der Waals surface area contributed by atoms with Crippen molar-refractivity contribution in [2.24, 2.45) is 0 Å². The van der Waals surface area contributed by atoms with Crippen molar-refractivity contribution in [2.75, 3.05) is 31.6 Å². The maximum Gasteiger partial charge on any atom is 0.269 e. The van der Waals surface area contributed by atoms with Crippen LogP contribution in [0.15, 0.2) is 12.1 Å². The first-order valence-corrected chi connectivity index (χ1v) is 6.49. The third-order valence-electron chi connectivity index (χ3n) is 3.78. The lowest BCUT2D eigenvalue weighted by molar-refractivity contribution is 0.0958. The second-order valence-corrected chi connectivity index (χ2v) is 4.83. The molecule has 1 saturated heterocycles. The first kappa shape index (κ1) is 11.5. The summed E-state index contributed by atoms with van der Waals surface area (Å²) in [6, 6.07) is 4.45. The summed E-state index contributed by atoms with van der Waals surface area (Å²) in [4.78, 5) is 18.5. The van der Waals surface area contributed by atoms with Crippen LogP contribution in [0.5, 0.6) is 0 Å². The Morgan fingerprint density at radius 1 is 1.56 bits per heavy atom. The van der Waals surface area contributed by atoms with Gasteiger partial charge >= 0.3 is 0 Å². The smallest absolute Gasteiger partial charge is 0.269 e. The van der Waals surface area contributed by atoms with Gasteiger partial charge < -0.3 is 15.5 Å². The Labute approximate surface area is 107 Å². The number of rotatable bonds is 1. The first-order chi connectivity index (χ1) is 8.79. The van der Waals surface area contributed by atoms with Crippen molar-refractivity contribution < 1.29 is 4.79 Å². The molecule has 0 radical (unpaired) electrons. The van der Waals surface area contributed by atoms with E-state index in [1.807, 2.05) is 12.1 Å². The van der Waals surface area contributed by atoms with Crippen LogP contribution in [0, 0.1) is 0 Å². The minimum Gasteiger partial charge on any atom is -0.365 e. The van der Waals surface area contributed by atoms with Gasteiger partial charge in [0.25, 0.3) is 5.91 Å². The summed E-state index contributed by atoms with van der Waals surface area (Å²) in [5, 5.41) is 6.05. The molecule has 3 heterocycles. The van der Waals surface area contributed by atoms with Crippen LogP contribution in [-0.4, -0.2) is 43.6 Å². The van der Waals surface area contributed by atoms with E-state index in [1.165, 1.54) is 5.69 Å². The molecule has 5 nitrogen and oxygen atoms in total. The van der Waals surface area contributed by atoms with Crippen LogP contribution in [-0.2, 0) is 6.42 Å². The van der Waals surface area contributed by atoms with Crippen molar-refractivity contribution in [1.82, 2.24) is 15.6 Å². The summed E-state index contributed by atoms with van der Waals surface area (Å²) in [6.07, 6.45) is 2.08. The fourth-order valence-electron chi connectivity index (χ4n) is 2.83. The number of fused-ring (bicyclic) bond motifs is 3. The number of hydrogen-bond donors (Lipinski definition) is 2. The molecule has 0 saturated carbocycles. The fourth-order valence-corrected chi connectivity index (χ4v) is 2.83. The van der Waals surface area contributed by atoms with Crippen molar-refractivity contribution in [3.63, 3.8) is 0 Å². The molecule has 18 heavy (non-hydrogen) atoms. The number of nitrogens with zero attached hydrogens (tertiary/aromatic N) is 2. The Bertz CT molecular complexity index is 474. The molecule has 0 aliphatic carbocycles. The molecule has 2 aliphatic rings. The lowest BCUT2D eigenvalue weighted by atomic mass is 9.97. The number of hydrogen-bond acceptors (Lipinski definition) is 4. The highest BCUT2D eigenvalue weighted by molar-refractivity contribution is 5.92. The SMILES string of the molecule is CNC(=O)c1ccc2c(n1)CC[C@@H]1CNCCN21. The van der Waals surface area contributed by atoms with E-state index in [9.17, 15) is 4.79 Å². The van der Waals surface area contributed by atoms with Gasteiger partial charge in [0.15, 0.2) is 0 Å². The van der Waals surface area contributed by atoms with Gasteiger partial charge in [0.1, 0.15) is 5.69 Å². The van der Waals surface area contributed by atoms with E-state index in [2.05, 4.69) is 20.5 Å². The van der Waals surface area contributed by atoms with Crippen molar-refractivity contribution >= 4 is 11.6 Å². The van der Waals surface area contributed by atoms with E-state index >= 15 is 0 Å². The van der Waals surface area contributed by atoms with E-state index in [1.54, 1.807) is 7.05 Å². The quantitative estimate of drug-likeness (QED) is 0.741. The molecule has 1 fully saturated rings. The molecule has 0 unspecified atom stereocenters. The molecule has 1 amide bonds. The van der Waals surface area contributed by atoms with Gasteiger partial charge in [-0.1, -0.05) is 0 Å². The lowest BCUT2D eigenvalue weighted by Crippen LogP contribution is -2.53. The van der Waals surface area contributed by atoms with Crippen molar-refractivity contribution in [3.8, 4) is 0 Å². The predicted molar refractivity (Wildman–Crippen MR) is 70.0 cm³/mol. The highest BCUT2D eigenvalue weighted by Gasteiger charge is 2.29.